The molecule has 0 bridgehead atoms. The molecule has 0 aliphatic rings. The van der Waals surface area contributed by atoms with Crippen molar-refractivity contribution in [2.75, 3.05) is 0 Å². The first kappa shape index (κ1) is 26.4. The molecule has 0 unspecified atom stereocenters. The SMILES string of the molecule is CCCCCCCCCCCCc1cc(-c2cc(F)c(-c3ccc(Br)s3)c3nsnc23)sc1Br. The lowest BCUT2D eigenvalue weighted by atomic mass is 10.0. The van der Waals surface area contributed by atoms with Gasteiger partial charge in [0, 0.05) is 15.3 Å². The van der Waals surface area contributed by atoms with Crippen molar-refractivity contribution in [1.82, 2.24) is 8.75 Å². The minimum atomic E-state index is -0.245. The van der Waals surface area contributed by atoms with Crippen LogP contribution in [-0.2, 0) is 6.42 Å². The number of benzene rings is 1. The molecule has 0 fully saturated rings. The van der Waals surface area contributed by atoms with Gasteiger partial charge in [0.1, 0.15) is 16.9 Å². The lowest BCUT2D eigenvalue weighted by molar-refractivity contribution is 0.556. The summed E-state index contributed by atoms with van der Waals surface area (Å²) in [4.78, 5) is 1.91. The van der Waals surface area contributed by atoms with E-state index in [0.717, 1.165) is 46.6 Å². The van der Waals surface area contributed by atoms with Crippen LogP contribution in [-0.4, -0.2) is 8.75 Å². The molecule has 34 heavy (non-hydrogen) atoms. The second-order valence-electron chi connectivity index (χ2n) is 8.69. The molecule has 4 aromatic rings. The second kappa shape index (κ2) is 13.0. The zero-order chi connectivity index (χ0) is 23.9. The summed E-state index contributed by atoms with van der Waals surface area (Å²) < 4.78 is 26.4. The zero-order valence-corrected chi connectivity index (χ0v) is 25.0. The summed E-state index contributed by atoms with van der Waals surface area (Å²) in [6.45, 7) is 2.27. The van der Waals surface area contributed by atoms with Crippen molar-refractivity contribution in [1.29, 1.82) is 0 Å². The topological polar surface area (TPSA) is 25.8 Å². The van der Waals surface area contributed by atoms with Crippen LogP contribution in [0.2, 0.25) is 0 Å². The first-order chi connectivity index (χ1) is 16.6. The van der Waals surface area contributed by atoms with Crippen molar-refractivity contribution in [3.63, 3.8) is 0 Å². The number of thiophene rings is 2. The molecule has 0 saturated heterocycles. The number of nitrogens with zero attached hydrogens (tertiary/aromatic N) is 2. The number of rotatable bonds is 13. The maximum Gasteiger partial charge on any atom is 0.134 e. The quantitative estimate of drug-likeness (QED) is 0.135. The first-order valence-electron chi connectivity index (χ1n) is 12.1. The fraction of sp³-hybridized carbons (Fsp3) is 0.462. The molecule has 0 N–H and O–H groups in total. The molecule has 0 aliphatic heterocycles. The van der Waals surface area contributed by atoms with Gasteiger partial charge in [-0.25, -0.2) is 4.39 Å². The van der Waals surface area contributed by atoms with Crippen LogP contribution in [0.1, 0.15) is 76.7 Å². The average Bonchev–Trinajstić information content (AvgIpc) is 3.55. The van der Waals surface area contributed by atoms with Gasteiger partial charge in [-0.1, -0.05) is 64.7 Å². The number of hydrogen-bond acceptors (Lipinski definition) is 5. The maximum atomic E-state index is 15.3. The molecule has 4 rings (SSSR count). The van der Waals surface area contributed by atoms with Crippen LogP contribution < -0.4 is 0 Å². The summed E-state index contributed by atoms with van der Waals surface area (Å²) in [6, 6.07) is 7.71. The van der Waals surface area contributed by atoms with E-state index in [9.17, 15) is 0 Å². The first-order valence-corrected chi connectivity index (χ1v) is 16.0. The molecule has 3 aromatic heterocycles. The van der Waals surface area contributed by atoms with Gasteiger partial charge in [-0.15, -0.1) is 22.7 Å². The molecule has 0 spiro atoms. The summed E-state index contributed by atoms with van der Waals surface area (Å²) >= 11 is 11.6. The van der Waals surface area contributed by atoms with E-state index in [1.165, 1.54) is 81.1 Å². The van der Waals surface area contributed by atoms with Gasteiger partial charge >= 0.3 is 0 Å². The molecule has 8 heteroatoms. The smallest absolute Gasteiger partial charge is 0.134 e. The Bertz CT molecular complexity index is 1210. The molecule has 0 saturated carbocycles. The summed E-state index contributed by atoms with van der Waals surface area (Å²) in [5.41, 5.74) is 4.12. The molecule has 182 valence electrons. The third kappa shape index (κ3) is 6.55. The van der Waals surface area contributed by atoms with Gasteiger partial charge in [0.05, 0.1) is 24.9 Å². The number of unbranched alkanes of at least 4 members (excludes halogenated alkanes) is 9. The van der Waals surface area contributed by atoms with E-state index in [1.807, 2.05) is 12.1 Å². The predicted octanol–water partition coefficient (Wildman–Crippen LogP) is 11.3. The van der Waals surface area contributed by atoms with Crippen molar-refractivity contribution >= 4 is 77.3 Å². The Balaban J connectivity index is 1.39. The van der Waals surface area contributed by atoms with E-state index < -0.39 is 0 Å². The van der Waals surface area contributed by atoms with Crippen LogP contribution in [0, 0.1) is 5.82 Å². The van der Waals surface area contributed by atoms with E-state index >= 15 is 4.39 Å². The van der Waals surface area contributed by atoms with Crippen LogP contribution >= 0.6 is 66.3 Å². The summed E-state index contributed by atoms with van der Waals surface area (Å²) in [7, 11) is 0. The van der Waals surface area contributed by atoms with Gasteiger partial charge in [0.2, 0.25) is 0 Å². The molecule has 3 heterocycles. The van der Waals surface area contributed by atoms with Crippen molar-refractivity contribution in [2.45, 2.75) is 77.6 Å². The van der Waals surface area contributed by atoms with Crippen LogP contribution in [0.15, 0.2) is 31.8 Å². The summed E-state index contributed by atoms with van der Waals surface area (Å²) in [5, 5.41) is 0. The van der Waals surface area contributed by atoms with Gasteiger partial charge in [-0.2, -0.15) is 8.75 Å². The fourth-order valence-electron chi connectivity index (χ4n) is 4.29. The van der Waals surface area contributed by atoms with Crippen LogP contribution in [0.4, 0.5) is 4.39 Å². The highest BCUT2D eigenvalue weighted by Crippen LogP contribution is 2.43. The fourth-order valence-corrected chi connectivity index (χ4v) is 8.08. The van der Waals surface area contributed by atoms with Crippen LogP contribution in [0.5, 0.6) is 0 Å². The largest absolute Gasteiger partial charge is 0.206 e. The Kier molecular flexibility index (Phi) is 10.1. The van der Waals surface area contributed by atoms with E-state index in [2.05, 4.69) is 53.6 Å². The van der Waals surface area contributed by atoms with Crippen LogP contribution in [0.3, 0.4) is 0 Å². The lowest BCUT2D eigenvalue weighted by Crippen LogP contribution is -1.88. The highest BCUT2D eigenvalue weighted by atomic mass is 79.9. The number of hydrogen-bond donors (Lipinski definition) is 0. The number of halogens is 3. The van der Waals surface area contributed by atoms with Gasteiger partial charge in [-0.05, 0) is 74.5 Å². The van der Waals surface area contributed by atoms with Gasteiger partial charge in [0.25, 0.3) is 0 Å². The average molecular weight is 645 g/mol. The minimum Gasteiger partial charge on any atom is -0.206 e. The third-order valence-corrected chi connectivity index (χ3v) is 10.3. The standard InChI is InChI=1S/C26H29Br2FN2S3/c1-2-3-4-5-6-7-8-9-10-11-12-17-15-21(33-26(17)28)18-16-19(29)23(20-13-14-22(27)32-20)25-24(18)30-34-31-25/h13-16H,2-12H2,1H3. The Hall–Kier alpha value is -0.670. The summed E-state index contributed by atoms with van der Waals surface area (Å²) in [5.74, 6) is -0.245. The molecular weight excluding hydrogens is 615 g/mol. The number of fused-ring (bicyclic) bond motifs is 1. The highest BCUT2D eigenvalue weighted by molar-refractivity contribution is 9.11. The summed E-state index contributed by atoms with van der Waals surface area (Å²) in [6.07, 6.45) is 14.4. The predicted molar refractivity (Wildman–Crippen MR) is 155 cm³/mol. The zero-order valence-electron chi connectivity index (χ0n) is 19.3. The molecule has 0 aliphatic carbocycles. The molecular formula is C26H29Br2FN2S3. The second-order valence-corrected chi connectivity index (χ2v) is 14.0. The normalized spacial score (nSPS) is 11.6. The van der Waals surface area contributed by atoms with Crippen molar-refractivity contribution < 1.29 is 4.39 Å². The van der Waals surface area contributed by atoms with E-state index in [0.29, 0.717) is 11.1 Å². The van der Waals surface area contributed by atoms with Crippen LogP contribution in [0.25, 0.3) is 31.9 Å². The third-order valence-electron chi connectivity index (χ3n) is 6.13. The maximum absolute atomic E-state index is 15.3. The Morgan fingerprint density at radius 3 is 2.15 bits per heavy atom. The molecule has 0 amide bonds. The highest BCUT2D eigenvalue weighted by Gasteiger charge is 2.21. The molecule has 0 radical (unpaired) electrons. The van der Waals surface area contributed by atoms with Gasteiger partial charge in [-0.3, -0.25) is 0 Å². The Morgan fingerprint density at radius 2 is 1.47 bits per heavy atom. The number of aromatic nitrogens is 2. The van der Waals surface area contributed by atoms with Gasteiger partial charge in [0.15, 0.2) is 0 Å². The Labute approximate surface area is 230 Å². The molecule has 0 atom stereocenters. The van der Waals surface area contributed by atoms with E-state index in [-0.39, 0.29) is 5.82 Å². The minimum absolute atomic E-state index is 0.245. The number of aryl methyl sites for hydroxylation is 1. The van der Waals surface area contributed by atoms with Crippen molar-refractivity contribution in [2.24, 2.45) is 0 Å². The van der Waals surface area contributed by atoms with E-state index in [4.69, 9.17) is 0 Å². The van der Waals surface area contributed by atoms with Crippen molar-refractivity contribution in [3.8, 4) is 20.9 Å². The van der Waals surface area contributed by atoms with Gasteiger partial charge < -0.3 is 0 Å². The van der Waals surface area contributed by atoms with E-state index in [1.54, 1.807) is 17.4 Å². The Morgan fingerprint density at radius 1 is 0.794 bits per heavy atom. The van der Waals surface area contributed by atoms with Crippen molar-refractivity contribution in [3.05, 3.63) is 43.2 Å². The molecule has 2 nitrogen and oxygen atoms in total. The lowest BCUT2D eigenvalue weighted by Gasteiger charge is -2.05. The monoisotopic (exact) mass is 642 g/mol. The molecule has 1 aromatic carbocycles.